The topological polar surface area (TPSA) is 76.8 Å². The Morgan fingerprint density at radius 3 is 2.68 bits per heavy atom. The van der Waals surface area contributed by atoms with Crippen LogP contribution in [0.1, 0.15) is 21.7 Å². The quantitative estimate of drug-likeness (QED) is 0.359. The monoisotopic (exact) mass is 453 g/mol. The second-order valence-corrected chi connectivity index (χ2v) is 8.15. The van der Waals surface area contributed by atoms with Crippen LogP contribution in [0.15, 0.2) is 63.9 Å². The molecule has 2 aromatic carbocycles. The van der Waals surface area contributed by atoms with E-state index in [1.165, 1.54) is 13.2 Å². The molecule has 0 unspecified atom stereocenters. The first kappa shape index (κ1) is 21.0. The summed E-state index contributed by atoms with van der Waals surface area (Å²) in [5.74, 6) is 0.0554. The lowest BCUT2D eigenvalue weighted by Crippen LogP contribution is -2.27. The van der Waals surface area contributed by atoms with Crippen LogP contribution in [0.5, 0.6) is 0 Å². The van der Waals surface area contributed by atoms with Gasteiger partial charge in [-0.25, -0.2) is 9.69 Å². The molecule has 0 saturated carbocycles. The fourth-order valence-corrected chi connectivity index (χ4v) is 4.15. The van der Waals surface area contributed by atoms with Gasteiger partial charge in [-0.05, 0) is 66.7 Å². The van der Waals surface area contributed by atoms with E-state index in [1.54, 1.807) is 54.6 Å². The van der Waals surface area contributed by atoms with E-state index in [2.05, 4.69) is 0 Å². The molecule has 2 amide bonds. The summed E-state index contributed by atoms with van der Waals surface area (Å²) in [6.45, 7) is 1.90. The number of halogens is 1. The molecule has 4 rings (SSSR count). The number of thioether (sulfide) groups is 1. The first-order valence-electron chi connectivity index (χ1n) is 9.20. The van der Waals surface area contributed by atoms with Crippen molar-refractivity contribution in [2.24, 2.45) is 0 Å². The van der Waals surface area contributed by atoms with Crippen molar-refractivity contribution in [3.8, 4) is 11.3 Å². The van der Waals surface area contributed by atoms with Crippen molar-refractivity contribution in [3.63, 3.8) is 0 Å². The van der Waals surface area contributed by atoms with Gasteiger partial charge in [0.25, 0.3) is 11.1 Å². The molecule has 8 heteroatoms. The molecule has 31 heavy (non-hydrogen) atoms. The highest BCUT2D eigenvalue weighted by molar-refractivity contribution is 8.19. The third-order valence-electron chi connectivity index (χ3n) is 4.68. The van der Waals surface area contributed by atoms with Gasteiger partial charge in [0.05, 0.1) is 23.3 Å². The smallest absolute Gasteiger partial charge is 0.337 e. The minimum Gasteiger partial charge on any atom is -0.465 e. The van der Waals surface area contributed by atoms with Crippen molar-refractivity contribution in [1.29, 1.82) is 0 Å². The van der Waals surface area contributed by atoms with Gasteiger partial charge < -0.3 is 9.15 Å². The average Bonchev–Trinajstić information content (AvgIpc) is 3.32. The largest absolute Gasteiger partial charge is 0.465 e. The summed E-state index contributed by atoms with van der Waals surface area (Å²) in [5, 5.41) is 0.0210. The van der Waals surface area contributed by atoms with Gasteiger partial charge in [-0.15, -0.1) is 0 Å². The Bertz CT molecular complexity index is 1250. The number of imide groups is 1. The predicted octanol–water partition coefficient (Wildman–Crippen LogP) is 5.94. The molecule has 3 aromatic rings. The molecular weight excluding hydrogens is 438 g/mol. The Kier molecular flexibility index (Phi) is 5.71. The van der Waals surface area contributed by atoms with Crippen LogP contribution in [0.3, 0.4) is 0 Å². The number of nitrogens with zero attached hydrogens (tertiary/aromatic N) is 1. The molecule has 1 aliphatic rings. The maximum Gasteiger partial charge on any atom is 0.337 e. The van der Waals surface area contributed by atoms with Crippen LogP contribution < -0.4 is 4.90 Å². The maximum atomic E-state index is 12.8. The fourth-order valence-electron chi connectivity index (χ4n) is 3.14. The van der Waals surface area contributed by atoms with Crippen LogP contribution >= 0.6 is 23.4 Å². The van der Waals surface area contributed by atoms with Crippen LogP contribution in [-0.4, -0.2) is 24.2 Å². The zero-order chi connectivity index (χ0) is 22.1. The van der Waals surface area contributed by atoms with E-state index in [-0.39, 0.29) is 4.91 Å². The Balaban J connectivity index is 1.63. The van der Waals surface area contributed by atoms with E-state index in [0.717, 1.165) is 27.8 Å². The minimum absolute atomic E-state index is 0.242. The lowest BCUT2D eigenvalue weighted by molar-refractivity contribution is -0.113. The number of amides is 2. The summed E-state index contributed by atoms with van der Waals surface area (Å²) < 4.78 is 10.7. The van der Waals surface area contributed by atoms with Gasteiger partial charge >= 0.3 is 5.97 Å². The Morgan fingerprint density at radius 2 is 1.94 bits per heavy atom. The molecule has 0 radical (unpaired) electrons. The highest BCUT2D eigenvalue weighted by Crippen LogP contribution is 2.37. The molecule has 156 valence electrons. The molecule has 0 spiro atoms. The molecule has 2 heterocycles. The van der Waals surface area contributed by atoms with Crippen molar-refractivity contribution in [3.05, 3.63) is 81.4 Å². The zero-order valence-electron chi connectivity index (χ0n) is 16.5. The number of aryl methyl sites for hydroxylation is 1. The number of esters is 1. The number of carbonyl (C=O) groups excluding carboxylic acids is 3. The minimum atomic E-state index is -0.445. The number of hydrogen-bond acceptors (Lipinski definition) is 6. The maximum absolute atomic E-state index is 12.8. The van der Waals surface area contributed by atoms with Crippen LogP contribution in [0.4, 0.5) is 10.5 Å². The number of carbonyl (C=O) groups is 3. The molecule has 0 N–H and O–H groups in total. The van der Waals surface area contributed by atoms with Gasteiger partial charge in [0, 0.05) is 16.7 Å². The van der Waals surface area contributed by atoms with Gasteiger partial charge in [0.2, 0.25) is 0 Å². The lowest BCUT2D eigenvalue weighted by atomic mass is 10.0. The molecule has 6 nitrogen and oxygen atoms in total. The van der Waals surface area contributed by atoms with Crippen molar-refractivity contribution in [2.45, 2.75) is 6.92 Å². The number of rotatable bonds is 4. The number of furan rings is 1. The second-order valence-electron chi connectivity index (χ2n) is 6.72. The van der Waals surface area contributed by atoms with E-state index in [9.17, 15) is 14.4 Å². The highest BCUT2D eigenvalue weighted by Gasteiger charge is 2.36. The summed E-state index contributed by atoms with van der Waals surface area (Å²) in [6, 6.07) is 15.2. The first-order valence-corrected chi connectivity index (χ1v) is 10.4. The van der Waals surface area contributed by atoms with Gasteiger partial charge in [-0.2, -0.15) is 0 Å². The fraction of sp³-hybridized carbons (Fsp3) is 0.0870. The average molecular weight is 454 g/mol. The lowest BCUT2D eigenvalue weighted by Gasteiger charge is -2.12. The molecule has 1 saturated heterocycles. The van der Waals surface area contributed by atoms with Crippen molar-refractivity contribution < 1.29 is 23.5 Å². The summed E-state index contributed by atoms with van der Waals surface area (Å²) in [5.41, 5.74) is 2.46. The SMILES string of the molecule is COC(=O)c1ccc(C)c(-c2ccc(/C=C3/SC(=O)N(c4cccc(Cl)c4)C3=O)o2)c1. The van der Waals surface area contributed by atoms with Crippen LogP contribution in [0, 0.1) is 6.92 Å². The molecular formula is C23H16ClNO5S. The van der Waals surface area contributed by atoms with Crippen molar-refractivity contribution >= 4 is 52.2 Å². The van der Waals surface area contributed by atoms with Gasteiger partial charge in [0.15, 0.2) is 0 Å². The van der Waals surface area contributed by atoms with E-state index in [1.807, 2.05) is 6.92 Å². The number of anilines is 1. The summed E-state index contributed by atoms with van der Waals surface area (Å²) in [7, 11) is 1.32. The predicted molar refractivity (Wildman–Crippen MR) is 120 cm³/mol. The molecule has 0 bridgehead atoms. The third kappa shape index (κ3) is 4.15. The number of ether oxygens (including phenoxy) is 1. The van der Waals surface area contributed by atoms with E-state index in [4.69, 9.17) is 20.8 Å². The number of benzene rings is 2. The van der Waals surface area contributed by atoms with Crippen molar-refractivity contribution in [2.75, 3.05) is 12.0 Å². The molecule has 1 aromatic heterocycles. The number of hydrogen-bond donors (Lipinski definition) is 0. The summed E-state index contributed by atoms with van der Waals surface area (Å²) in [6.07, 6.45) is 1.53. The van der Waals surface area contributed by atoms with E-state index < -0.39 is 17.1 Å². The Labute approximate surface area is 187 Å². The molecule has 1 aliphatic heterocycles. The van der Waals surface area contributed by atoms with Crippen molar-refractivity contribution in [1.82, 2.24) is 0 Å². The summed E-state index contributed by atoms with van der Waals surface area (Å²) in [4.78, 5) is 38.4. The first-order chi connectivity index (χ1) is 14.9. The molecule has 1 fully saturated rings. The van der Waals surface area contributed by atoms with E-state index in [0.29, 0.717) is 27.8 Å². The standard InChI is InChI=1S/C23H16ClNO5S/c1-13-6-7-14(22(27)29-2)10-18(13)19-9-8-17(30-19)12-20-21(26)25(23(28)31-20)16-5-3-4-15(24)11-16/h3-12H,1-2H3/b20-12+. The van der Waals surface area contributed by atoms with Gasteiger partial charge in [-0.3, -0.25) is 9.59 Å². The Morgan fingerprint density at radius 1 is 1.13 bits per heavy atom. The second kappa shape index (κ2) is 8.45. The van der Waals surface area contributed by atoms with E-state index >= 15 is 0 Å². The van der Waals surface area contributed by atoms with Crippen LogP contribution in [-0.2, 0) is 9.53 Å². The van der Waals surface area contributed by atoms with Crippen LogP contribution in [0.2, 0.25) is 5.02 Å². The van der Waals surface area contributed by atoms with Crippen LogP contribution in [0.25, 0.3) is 17.4 Å². The molecule has 0 atom stereocenters. The van der Waals surface area contributed by atoms with Gasteiger partial charge in [0.1, 0.15) is 11.5 Å². The summed E-state index contributed by atoms with van der Waals surface area (Å²) >= 11 is 6.81. The number of methoxy groups -OCH3 is 1. The molecule has 0 aliphatic carbocycles. The third-order valence-corrected chi connectivity index (χ3v) is 5.79. The zero-order valence-corrected chi connectivity index (χ0v) is 18.1. The highest BCUT2D eigenvalue weighted by atomic mass is 35.5. The van der Waals surface area contributed by atoms with Gasteiger partial charge in [-0.1, -0.05) is 23.7 Å². The Hall–Kier alpha value is -3.29. The normalized spacial score (nSPS) is 15.1.